The Morgan fingerprint density at radius 2 is 1.38 bits per heavy atom. The van der Waals surface area contributed by atoms with Crippen LogP contribution in [0.15, 0.2) is 77.3 Å². The van der Waals surface area contributed by atoms with Crippen LogP contribution in [0.1, 0.15) is 21.5 Å². The number of hydrogen-bond donors (Lipinski definition) is 0. The highest BCUT2D eigenvalue weighted by Crippen LogP contribution is 2.18. The molecule has 3 aromatic carbocycles. The molecule has 0 saturated carbocycles. The molecule has 0 saturated heterocycles. The van der Waals surface area contributed by atoms with E-state index in [-0.39, 0.29) is 12.6 Å². The zero-order chi connectivity index (χ0) is 18.4. The van der Waals surface area contributed by atoms with Gasteiger partial charge in [0.1, 0.15) is 19.0 Å². The molecule has 0 aliphatic heterocycles. The Hall–Kier alpha value is -2.30. The average Bonchev–Trinajstić information content (AvgIpc) is 2.67. The van der Waals surface area contributed by atoms with Crippen LogP contribution in [-0.2, 0) is 18.0 Å². The van der Waals surface area contributed by atoms with Gasteiger partial charge in [-0.2, -0.15) is 0 Å². The summed E-state index contributed by atoms with van der Waals surface area (Å²) in [6.07, 6.45) is 0. The van der Waals surface area contributed by atoms with E-state index in [1.54, 1.807) is 24.3 Å². The Bertz CT molecular complexity index is 859. The average molecular weight is 432 g/mol. The maximum atomic E-state index is 12.1. The fourth-order valence-corrected chi connectivity index (χ4v) is 2.64. The van der Waals surface area contributed by atoms with Crippen molar-refractivity contribution in [2.45, 2.75) is 13.2 Å². The first kappa shape index (κ1) is 18.5. The van der Waals surface area contributed by atoms with Crippen LogP contribution in [0.25, 0.3) is 0 Å². The molecule has 3 rings (SSSR count). The molecule has 0 aromatic heterocycles. The molecule has 132 valence electrons. The van der Waals surface area contributed by atoms with Crippen LogP contribution in [0.3, 0.4) is 0 Å². The van der Waals surface area contributed by atoms with Crippen LogP contribution in [-0.4, -0.2) is 5.97 Å². The lowest BCUT2D eigenvalue weighted by Gasteiger charge is -2.08. The number of ether oxygens (including phenoxy) is 2. The monoisotopic (exact) mass is 430 g/mol. The Balaban J connectivity index is 1.52. The van der Waals surface area contributed by atoms with E-state index < -0.39 is 0 Å². The van der Waals surface area contributed by atoms with Gasteiger partial charge in [0.15, 0.2) is 0 Å². The van der Waals surface area contributed by atoms with Crippen molar-refractivity contribution in [3.8, 4) is 5.75 Å². The minimum atomic E-state index is -0.361. The second-order valence-electron chi connectivity index (χ2n) is 5.64. The first-order valence-electron chi connectivity index (χ1n) is 7.99. The predicted octanol–water partition coefficient (Wildman–Crippen LogP) is 6.04. The summed E-state index contributed by atoms with van der Waals surface area (Å²) in [7, 11) is 0. The van der Waals surface area contributed by atoms with Crippen LogP contribution >= 0.6 is 27.5 Å². The Labute approximate surface area is 165 Å². The van der Waals surface area contributed by atoms with Gasteiger partial charge < -0.3 is 9.47 Å². The van der Waals surface area contributed by atoms with Crippen molar-refractivity contribution in [2.24, 2.45) is 0 Å². The number of hydrogen-bond acceptors (Lipinski definition) is 3. The third-order valence-corrected chi connectivity index (χ3v) is 4.47. The van der Waals surface area contributed by atoms with Crippen molar-refractivity contribution in [1.82, 2.24) is 0 Å². The second-order valence-corrected chi connectivity index (χ2v) is 6.99. The quantitative estimate of drug-likeness (QED) is 0.446. The standard InChI is InChI=1S/C21H16BrClO3/c22-18-7-11-20(12-8-18)25-13-15-1-5-17(6-2-15)21(24)26-14-16-3-9-19(23)10-4-16/h1-12H,13-14H2. The van der Waals surface area contributed by atoms with Crippen LogP contribution in [0.2, 0.25) is 5.02 Å². The van der Waals surface area contributed by atoms with E-state index in [1.807, 2.05) is 48.5 Å². The summed E-state index contributed by atoms with van der Waals surface area (Å²) in [5.41, 5.74) is 2.37. The molecule has 0 aliphatic rings. The molecule has 0 aliphatic carbocycles. The minimum absolute atomic E-state index is 0.213. The summed E-state index contributed by atoms with van der Waals surface area (Å²) in [5, 5.41) is 0.654. The first-order chi connectivity index (χ1) is 12.6. The summed E-state index contributed by atoms with van der Waals surface area (Å²) >= 11 is 9.23. The third-order valence-electron chi connectivity index (χ3n) is 3.69. The Kier molecular flexibility index (Phi) is 6.31. The van der Waals surface area contributed by atoms with Gasteiger partial charge in [-0.05, 0) is 59.7 Å². The van der Waals surface area contributed by atoms with Gasteiger partial charge in [0.2, 0.25) is 0 Å². The lowest BCUT2D eigenvalue weighted by Crippen LogP contribution is -2.05. The fraction of sp³-hybridized carbons (Fsp3) is 0.0952. The molecule has 3 aromatic rings. The molecular weight excluding hydrogens is 416 g/mol. The summed E-state index contributed by atoms with van der Waals surface area (Å²) in [6.45, 7) is 0.645. The van der Waals surface area contributed by atoms with E-state index in [9.17, 15) is 4.79 Å². The maximum Gasteiger partial charge on any atom is 0.338 e. The lowest BCUT2D eigenvalue weighted by molar-refractivity contribution is 0.0472. The van der Waals surface area contributed by atoms with Gasteiger partial charge in [0, 0.05) is 9.50 Å². The Morgan fingerprint density at radius 1 is 0.808 bits per heavy atom. The molecule has 0 unspecified atom stereocenters. The minimum Gasteiger partial charge on any atom is -0.489 e. The smallest absolute Gasteiger partial charge is 0.338 e. The number of esters is 1. The van der Waals surface area contributed by atoms with Crippen molar-refractivity contribution in [3.63, 3.8) is 0 Å². The number of benzene rings is 3. The predicted molar refractivity (Wildman–Crippen MR) is 105 cm³/mol. The van der Waals surface area contributed by atoms with Gasteiger partial charge in [-0.1, -0.05) is 51.8 Å². The molecular formula is C21H16BrClO3. The van der Waals surface area contributed by atoms with Gasteiger partial charge in [-0.3, -0.25) is 0 Å². The summed E-state index contributed by atoms with van der Waals surface area (Å²) < 4.78 is 12.0. The highest BCUT2D eigenvalue weighted by molar-refractivity contribution is 9.10. The SMILES string of the molecule is O=C(OCc1ccc(Cl)cc1)c1ccc(COc2ccc(Br)cc2)cc1. The first-order valence-corrected chi connectivity index (χ1v) is 9.16. The van der Waals surface area contributed by atoms with E-state index in [0.29, 0.717) is 17.2 Å². The number of halogens is 2. The van der Waals surface area contributed by atoms with Crippen molar-refractivity contribution in [2.75, 3.05) is 0 Å². The van der Waals surface area contributed by atoms with Crippen LogP contribution in [0, 0.1) is 0 Å². The van der Waals surface area contributed by atoms with E-state index in [2.05, 4.69) is 15.9 Å². The fourth-order valence-electron chi connectivity index (χ4n) is 2.25. The van der Waals surface area contributed by atoms with E-state index >= 15 is 0 Å². The lowest BCUT2D eigenvalue weighted by atomic mass is 10.1. The van der Waals surface area contributed by atoms with Gasteiger partial charge in [-0.25, -0.2) is 4.79 Å². The zero-order valence-electron chi connectivity index (χ0n) is 13.8. The van der Waals surface area contributed by atoms with E-state index in [1.165, 1.54) is 0 Å². The molecule has 26 heavy (non-hydrogen) atoms. The highest BCUT2D eigenvalue weighted by Gasteiger charge is 2.07. The molecule has 0 spiro atoms. The molecule has 0 N–H and O–H groups in total. The van der Waals surface area contributed by atoms with Gasteiger partial charge in [-0.15, -0.1) is 0 Å². The van der Waals surface area contributed by atoms with E-state index in [4.69, 9.17) is 21.1 Å². The van der Waals surface area contributed by atoms with Crippen molar-refractivity contribution >= 4 is 33.5 Å². The molecule has 0 fully saturated rings. The molecule has 0 atom stereocenters. The Morgan fingerprint density at radius 3 is 2.04 bits per heavy atom. The maximum absolute atomic E-state index is 12.1. The van der Waals surface area contributed by atoms with Crippen LogP contribution < -0.4 is 4.74 Å². The molecule has 3 nitrogen and oxygen atoms in total. The summed E-state index contributed by atoms with van der Waals surface area (Å²) in [5.74, 6) is 0.431. The van der Waals surface area contributed by atoms with Crippen LogP contribution in [0.5, 0.6) is 5.75 Å². The van der Waals surface area contributed by atoms with Crippen LogP contribution in [0.4, 0.5) is 0 Å². The highest BCUT2D eigenvalue weighted by atomic mass is 79.9. The van der Waals surface area contributed by atoms with Crippen molar-refractivity contribution in [3.05, 3.63) is 99.0 Å². The van der Waals surface area contributed by atoms with Crippen molar-refractivity contribution < 1.29 is 14.3 Å². The van der Waals surface area contributed by atoms with Gasteiger partial charge in [0.05, 0.1) is 5.56 Å². The number of rotatable bonds is 6. The normalized spacial score (nSPS) is 10.4. The molecule has 0 heterocycles. The van der Waals surface area contributed by atoms with Gasteiger partial charge in [0.25, 0.3) is 0 Å². The van der Waals surface area contributed by atoms with Crippen molar-refractivity contribution in [1.29, 1.82) is 0 Å². The topological polar surface area (TPSA) is 35.5 Å². The molecule has 0 radical (unpaired) electrons. The number of carbonyl (C=O) groups is 1. The largest absolute Gasteiger partial charge is 0.489 e. The summed E-state index contributed by atoms with van der Waals surface area (Å²) in [6, 6.07) is 22.0. The summed E-state index contributed by atoms with van der Waals surface area (Å²) in [4.78, 5) is 12.1. The second kappa shape index (κ2) is 8.88. The van der Waals surface area contributed by atoms with E-state index in [0.717, 1.165) is 21.3 Å². The third kappa shape index (κ3) is 5.35. The number of carbonyl (C=O) groups excluding carboxylic acids is 1. The molecule has 0 amide bonds. The zero-order valence-corrected chi connectivity index (χ0v) is 16.2. The molecule has 5 heteroatoms. The molecule has 0 bridgehead atoms. The van der Waals surface area contributed by atoms with Gasteiger partial charge >= 0.3 is 5.97 Å².